The molecule has 130 valence electrons. The second-order valence-electron chi connectivity index (χ2n) is 5.23. The topological polar surface area (TPSA) is 61.8 Å². The summed E-state index contributed by atoms with van der Waals surface area (Å²) >= 11 is 0. The van der Waals surface area contributed by atoms with E-state index in [4.69, 9.17) is 14.2 Å². The van der Waals surface area contributed by atoms with E-state index in [0.29, 0.717) is 28.9 Å². The van der Waals surface area contributed by atoms with Gasteiger partial charge in [-0.1, -0.05) is 24.3 Å². The van der Waals surface area contributed by atoms with Gasteiger partial charge in [-0.25, -0.2) is 0 Å². The highest BCUT2D eigenvalue weighted by Gasteiger charge is 2.15. The van der Waals surface area contributed by atoms with Gasteiger partial charge in [0.25, 0.3) is 0 Å². The van der Waals surface area contributed by atoms with Crippen molar-refractivity contribution in [3.8, 4) is 11.5 Å². The van der Waals surface area contributed by atoms with Crippen molar-refractivity contribution in [1.82, 2.24) is 0 Å². The van der Waals surface area contributed by atoms with Crippen LogP contribution in [0.25, 0.3) is 5.57 Å². The summed E-state index contributed by atoms with van der Waals surface area (Å²) in [4.78, 5) is 23.4. The summed E-state index contributed by atoms with van der Waals surface area (Å²) < 4.78 is 15.1. The Morgan fingerprint density at radius 1 is 0.840 bits per heavy atom. The number of benzene rings is 2. The standard InChI is InChI=1S/C20H20O5/c1-23-17-8-4-14(5-9-17)20(16(13-21)12-19(22)25-3)15-6-10-18(24-2)11-7-15/h4-11,13H,12H2,1-3H3. The Kier molecular flexibility index (Phi) is 6.34. The van der Waals surface area contributed by atoms with E-state index in [1.54, 1.807) is 38.5 Å². The fourth-order valence-electron chi connectivity index (χ4n) is 2.47. The van der Waals surface area contributed by atoms with Crippen LogP contribution in [0.3, 0.4) is 0 Å². The number of hydrogen-bond acceptors (Lipinski definition) is 5. The molecule has 0 aliphatic rings. The van der Waals surface area contributed by atoms with E-state index in [1.807, 2.05) is 24.3 Å². The second-order valence-corrected chi connectivity index (χ2v) is 5.23. The van der Waals surface area contributed by atoms with Crippen molar-refractivity contribution in [2.24, 2.45) is 0 Å². The van der Waals surface area contributed by atoms with Gasteiger partial charge in [0, 0.05) is 5.57 Å². The minimum absolute atomic E-state index is 0.104. The summed E-state index contributed by atoms with van der Waals surface area (Å²) in [5.74, 6) is 0.943. The van der Waals surface area contributed by atoms with E-state index in [9.17, 15) is 9.59 Å². The van der Waals surface area contributed by atoms with Gasteiger partial charge in [-0.2, -0.15) is 0 Å². The van der Waals surface area contributed by atoms with Gasteiger partial charge in [0.05, 0.1) is 27.8 Å². The lowest BCUT2D eigenvalue weighted by Crippen LogP contribution is -2.06. The summed E-state index contributed by atoms with van der Waals surface area (Å²) in [6.45, 7) is 0. The van der Waals surface area contributed by atoms with Gasteiger partial charge in [0.2, 0.25) is 0 Å². The number of ether oxygens (including phenoxy) is 3. The summed E-state index contributed by atoms with van der Waals surface area (Å²) in [5, 5.41) is 0. The number of aldehydes is 1. The van der Waals surface area contributed by atoms with Gasteiger partial charge >= 0.3 is 5.97 Å². The fraction of sp³-hybridized carbons (Fsp3) is 0.200. The van der Waals surface area contributed by atoms with Crippen LogP contribution in [0.4, 0.5) is 0 Å². The van der Waals surface area contributed by atoms with Crippen molar-refractivity contribution in [2.75, 3.05) is 21.3 Å². The minimum atomic E-state index is -0.471. The summed E-state index contributed by atoms with van der Waals surface area (Å²) in [6, 6.07) is 14.6. The third-order valence-electron chi connectivity index (χ3n) is 3.78. The smallest absolute Gasteiger partial charge is 0.310 e. The molecule has 0 radical (unpaired) electrons. The van der Waals surface area contributed by atoms with Crippen LogP contribution in [-0.4, -0.2) is 33.6 Å². The highest BCUT2D eigenvalue weighted by molar-refractivity contribution is 5.98. The first kappa shape index (κ1) is 18.3. The lowest BCUT2D eigenvalue weighted by molar-refractivity contribution is -0.140. The molecule has 0 amide bonds. The Labute approximate surface area is 146 Å². The molecule has 0 atom stereocenters. The highest BCUT2D eigenvalue weighted by atomic mass is 16.5. The van der Waals surface area contributed by atoms with E-state index < -0.39 is 5.97 Å². The van der Waals surface area contributed by atoms with E-state index in [1.165, 1.54) is 7.11 Å². The average molecular weight is 340 g/mol. The summed E-state index contributed by atoms with van der Waals surface area (Å²) in [5.41, 5.74) is 2.63. The Hall–Kier alpha value is -3.08. The molecule has 2 rings (SSSR count). The van der Waals surface area contributed by atoms with Crippen molar-refractivity contribution in [3.63, 3.8) is 0 Å². The number of carbonyl (C=O) groups excluding carboxylic acids is 2. The molecule has 25 heavy (non-hydrogen) atoms. The van der Waals surface area contributed by atoms with E-state index >= 15 is 0 Å². The highest BCUT2D eigenvalue weighted by Crippen LogP contribution is 2.30. The Morgan fingerprint density at radius 3 is 1.60 bits per heavy atom. The molecule has 2 aromatic rings. The van der Waals surface area contributed by atoms with Crippen molar-refractivity contribution in [2.45, 2.75) is 6.42 Å². The third-order valence-corrected chi connectivity index (χ3v) is 3.78. The van der Waals surface area contributed by atoms with Crippen LogP contribution >= 0.6 is 0 Å². The molecule has 0 heterocycles. The van der Waals surface area contributed by atoms with Gasteiger partial charge < -0.3 is 14.2 Å². The van der Waals surface area contributed by atoms with Crippen LogP contribution in [-0.2, 0) is 14.3 Å². The zero-order chi connectivity index (χ0) is 18.2. The molecule has 0 bridgehead atoms. The van der Waals surface area contributed by atoms with E-state index in [2.05, 4.69) is 0 Å². The van der Waals surface area contributed by atoms with Crippen molar-refractivity contribution in [3.05, 3.63) is 65.2 Å². The van der Waals surface area contributed by atoms with Crippen molar-refractivity contribution in [1.29, 1.82) is 0 Å². The number of esters is 1. The van der Waals surface area contributed by atoms with Crippen LogP contribution in [0.5, 0.6) is 11.5 Å². The molecule has 0 fully saturated rings. The molecule has 0 saturated heterocycles. The Morgan fingerprint density at radius 2 is 1.28 bits per heavy atom. The normalized spacial score (nSPS) is 9.88. The molecule has 5 heteroatoms. The molecule has 0 N–H and O–H groups in total. The van der Waals surface area contributed by atoms with Crippen LogP contribution in [0.1, 0.15) is 17.5 Å². The molecule has 0 spiro atoms. The summed E-state index contributed by atoms with van der Waals surface area (Å²) in [7, 11) is 4.47. The quantitative estimate of drug-likeness (QED) is 0.440. The minimum Gasteiger partial charge on any atom is -0.497 e. The number of rotatable bonds is 7. The van der Waals surface area contributed by atoms with Crippen LogP contribution < -0.4 is 9.47 Å². The molecule has 0 aromatic heterocycles. The maximum Gasteiger partial charge on any atom is 0.310 e. The first-order valence-electron chi connectivity index (χ1n) is 7.67. The number of hydrogen-bond donors (Lipinski definition) is 0. The molecule has 0 aliphatic heterocycles. The summed E-state index contributed by atoms with van der Waals surface area (Å²) in [6.07, 6.45) is 0.591. The Balaban J connectivity index is 2.59. The van der Waals surface area contributed by atoms with Crippen LogP contribution in [0.15, 0.2) is 54.1 Å². The van der Waals surface area contributed by atoms with Gasteiger partial charge in [0.1, 0.15) is 17.8 Å². The lowest BCUT2D eigenvalue weighted by Gasteiger charge is -2.13. The van der Waals surface area contributed by atoms with Crippen molar-refractivity contribution < 1.29 is 23.8 Å². The maximum absolute atomic E-state index is 11.7. The fourth-order valence-corrected chi connectivity index (χ4v) is 2.47. The largest absolute Gasteiger partial charge is 0.497 e. The molecule has 2 aromatic carbocycles. The van der Waals surface area contributed by atoms with Crippen molar-refractivity contribution >= 4 is 17.8 Å². The molecule has 5 nitrogen and oxygen atoms in total. The lowest BCUT2D eigenvalue weighted by atomic mass is 9.92. The monoisotopic (exact) mass is 340 g/mol. The van der Waals surface area contributed by atoms with Gasteiger partial charge in [-0.15, -0.1) is 0 Å². The number of carbonyl (C=O) groups is 2. The second kappa shape index (κ2) is 8.68. The zero-order valence-corrected chi connectivity index (χ0v) is 14.4. The Bertz CT molecular complexity index is 708. The van der Waals surface area contributed by atoms with E-state index in [-0.39, 0.29) is 6.42 Å². The first-order valence-corrected chi connectivity index (χ1v) is 7.67. The first-order chi connectivity index (χ1) is 12.1. The molecular formula is C20H20O5. The third kappa shape index (κ3) is 4.47. The SMILES string of the molecule is COC(=O)CC(C=O)=C(c1ccc(OC)cc1)c1ccc(OC)cc1. The molecule has 0 aliphatic carbocycles. The van der Waals surface area contributed by atoms with Gasteiger partial charge in [-0.05, 0) is 41.0 Å². The molecule has 0 saturated carbocycles. The number of methoxy groups -OCH3 is 3. The molecule has 0 unspecified atom stereocenters. The van der Waals surface area contributed by atoms with Crippen LogP contribution in [0.2, 0.25) is 0 Å². The maximum atomic E-state index is 11.7. The van der Waals surface area contributed by atoms with Crippen LogP contribution in [0, 0.1) is 0 Å². The predicted molar refractivity (Wildman–Crippen MR) is 94.7 cm³/mol. The predicted octanol–water partition coefficient (Wildman–Crippen LogP) is 3.27. The zero-order valence-electron chi connectivity index (χ0n) is 14.4. The van der Waals surface area contributed by atoms with Gasteiger partial charge in [0.15, 0.2) is 0 Å². The van der Waals surface area contributed by atoms with E-state index in [0.717, 1.165) is 11.1 Å². The molecular weight excluding hydrogens is 320 g/mol. The van der Waals surface area contributed by atoms with Gasteiger partial charge in [-0.3, -0.25) is 9.59 Å². The average Bonchev–Trinajstić information content (AvgIpc) is 2.68.